The van der Waals surface area contributed by atoms with Gasteiger partial charge in [0.2, 0.25) is 0 Å². The Morgan fingerprint density at radius 1 is 1.30 bits per heavy atom. The van der Waals surface area contributed by atoms with Gasteiger partial charge in [0, 0.05) is 17.6 Å². The minimum Gasteiger partial charge on any atom is -0.449 e. The quantitative estimate of drug-likeness (QED) is 0.763. The van der Waals surface area contributed by atoms with Crippen molar-refractivity contribution in [1.29, 1.82) is 0 Å². The number of ether oxygens (including phenoxy) is 1. The van der Waals surface area contributed by atoms with Gasteiger partial charge in [-0.2, -0.15) is 0 Å². The number of fused-ring (bicyclic) bond motifs is 1. The Kier molecular flexibility index (Phi) is 5.64. The molecular formula is C21H29N3O2S. The standard InChI is InChI=1S/C21H29N3O2S/c1-14(2)13-26-21(25)22-16-6-7-18-19(12-16)27-20(23-18)15-10-17(11-15)24-8-4-3-5-9-24/h6-7,12,14-15,17H,3-5,8-11,13H2,1-2H3,(H,22,25)/t15-,17-. The summed E-state index contributed by atoms with van der Waals surface area (Å²) in [4.78, 5) is 19.4. The van der Waals surface area contributed by atoms with Gasteiger partial charge in [-0.1, -0.05) is 20.3 Å². The molecule has 2 heterocycles. The Labute approximate surface area is 165 Å². The van der Waals surface area contributed by atoms with E-state index in [0.717, 1.165) is 21.9 Å². The van der Waals surface area contributed by atoms with Gasteiger partial charge in [-0.3, -0.25) is 5.32 Å². The Morgan fingerprint density at radius 3 is 2.81 bits per heavy atom. The van der Waals surface area contributed by atoms with E-state index in [2.05, 4.69) is 10.2 Å². The van der Waals surface area contributed by atoms with Gasteiger partial charge in [-0.15, -0.1) is 11.3 Å². The molecular weight excluding hydrogens is 358 g/mol. The maximum atomic E-state index is 11.9. The molecule has 2 aromatic rings. The Bertz CT molecular complexity index is 792. The van der Waals surface area contributed by atoms with Gasteiger partial charge in [0.1, 0.15) is 0 Å². The molecule has 1 aromatic heterocycles. The third kappa shape index (κ3) is 4.43. The molecule has 0 spiro atoms. The maximum absolute atomic E-state index is 11.9. The van der Waals surface area contributed by atoms with Crippen LogP contribution >= 0.6 is 11.3 Å². The van der Waals surface area contributed by atoms with Crippen molar-refractivity contribution in [3.8, 4) is 0 Å². The maximum Gasteiger partial charge on any atom is 0.411 e. The van der Waals surface area contributed by atoms with Crippen LogP contribution in [0.1, 0.15) is 56.9 Å². The van der Waals surface area contributed by atoms with E-state index in [-0.39, 0.29) is 0 Å². The molecule has 1 saturated carbocycles. The summed E-state index contributed by atoms with van der Waals surface area (Å²) in [5.41, 5.74) is 1.80. The highest BCUT2D eigenvalue weighted by molar-refractivity contribution is 7.18. The number of likely N-dealkylation sites (tertiary alicyclic amines) is 1. The average Bonchev–Trinajstić information content (AvgIpc) is 3.02. The van der Waals surface area contributed by atoms with Crippen molar-refractivity contribution in [1.82, 2.24) is 9.88 Å². The second kappa shape index (κ2) is 8.15. The molecule has 0 unspecified atom stereocenters. The Morgan fingerprint density at radius 2 is 2.07 bits per heavy atom. The molecule has 1 saturated heterocycles. The minimum atomic E-state index is -0.392. The normalized spacial score (nSPS) is 23.4. The van der Waals surface area contributed by atoms with E-state index >= 15 is 0 Å². The highest BCUT2D eigenvalue weighted by Crippen LogP contribution is 2.43. The molecule has 1 amide bonds. The van der Waals surface area contributed by atoms with Crippen LogP contribution in [0.25, 0.3) is 10.2 Å². The molecule has 0 atom stereocenters. The number of rotatable bonds is 5. The average molecular weight is 388 g/mol. The molecule has 2 aliphatic rings. The summed E-state index contributed by atoms with van der Waals surface area (Å²) in [6.07, 6.45) is 6.20. The van der Waals surface area contributed by atoms with Crippen LogP contribution in [0.4, 0.5) is 10.5 Å². The van der Waals surface area contributed by atoms with E-state index in [1.807, 2.05) is 32.0 Å². The van der Waals surface area contributed by atoms with Crippen LogP contribution < -0.4 is 5.32 Å². The van der Waals surface area contributed by atoms with Crippen LogP contribution in [0, 0.1) is 5.92 Å². The zero-order valence-electron chi connectivity index (χ0n) is 16.2. The SMILES string of the molecule is CC(C)COC(=O)Nc1ccc2nc([C@H]3C[C@H](N4CCCCC4)C3)sc2c1. The number of hydrogen-bond donors (Lipinski definition) is 1. The first kappa shape index (κ1) is 18.7. The molecule has 1 aromatic carbocycles. The van der Waals surface area contributed by atoms with Crippen molar-refractivity contribution < 1.29 is 9.53 Å². The molecule has 2 fully saturated rings. The van der Waals surface area contributed by atoms with Crippen molar-refractivity contribution in [2.75, 3.05) is 25.0 Å². The fourth-order valence-electron chi connectivity index (χ4n) is 3.96. The van der Waals surface area contributed by atoms with Gasteiger partial charge in [-0.05, 0) is 62.9 Å². The lowest BCUT2D eigenvalue weighted by Crippen LogP contribution is -2.46. The Balaban J connectivity index is 1.36. The smallest absolute Gasteiger partial charge is 0.411 e. The highest BCUT2D eigenvalue weighted by Gasteiger charge is 2.36. The zero-order valence-corrected chi connectivity index (χ0v) is 17.1. The molecule has 0 bridgehead atoms. The van der Waals surface area contributed by atoms with Gasteiger partial charge in [-0.25, -0.2) is 9.78 Å². The third-order valence-electron chi connectivity index (χ3n) is 5.57. The zero-order chi connectivity index (χ0) is 18.8. The van der Waals surface area contributed by atoms with Gasteiger partial charge < -0.3 is 9.64 Å². The van der Waals surface area contributed by atoms with Crippen molar-refractivity contribution in [3.63, 3.8) is 0 Å². The first-order valence-electron chi connectivity index (χ1n) is 10.2. The molecule has 146 valence electrons. The molecule has 6 heteroatoms. The van der Waals surface area contributed by atoms with E-state index in [1.165, 1.54) is 50.2 Å². The van der Waals surface area contributed by atoms with E-state index < -0.39 is 6.09 Å². The highest BCUT2D eigenvalue weighted by atomic mass is 32.1. The number of anilines is 1. The van der Waals surface area contributed by atoms with Crippen LogP contribution in [0.5, 0.6) is 0 Å². The number of carbonyl (C=O) groups excluding carboxylic acids is 1. The Hall–Kier alpha value is -1.66. The minimum absolute atomic E-state index is 0.332. The van der Waals surface area contributed by atoms with Crippen molar-refractivity contribution in [3.05, 3.63) is 23.2 Å². The van der Waals surface area contributed by atoms with Gasteiger partial charge >= 0.3 is 6.09 Å². The predicted molar refractivity (Wildman–Crippen MR) is 111 cm³/mol. The van der Waals surface area contributed by atoms with Gasteiger partial charge in [0.05, 0.1) is 21.8 Å². The molecule has 4 rings (SSSR count). The molecule has 5 nitrogen and oxygen atoms in total. The molecule has 1 aliphatic heterocycles. The van der Waals surface area contributed by atoms with E-state index in [0.29, 0.717) is 18.4 Å². The van der Waals surface area contributed by atoms with Crippen LogP contribution in [0.2, 0.25) is 0 Å². The first-order valence-corrected chi connectivity index (χ1v) is 11.0. The summed E-state index contributed by atoms with van der Waals surface area (Å²) < 4.78 is 6.32. The number of piperidine rings is 1. The molecule has 1 aliphatic carbocycles. The number of nitrogens with zero attached hydrogens (tertiary/aromatic N) is 2. The lowest BCUT2D eigenvalue weighted by molar-refractivity contribution is 0.0888. The second-order valence-electron chi connectivity index (χ2n) is 8.27. The summed E-state index contributed by atoms with van der Waals surface area (Å²) in [6, 6.07) is 6.66. The first-order chi connectivity index (χ1) is 13.1. The summed E-state index contributed by atoms with van der Waals surface area (Å²) in [5.74, 6) is 0.931. The van der Waals surface area contributed by atoms with Gasteiger partial charge in [0.15, 0.2) is 0 Å². The topological polar surface area (TPSA) is 54.5 Å². The lowest BCUT2D eigenvalue weighted by atomic mass is 9.79. The number of benzene rings is 1. The second-order valence-corrected chi connectivity index (χ2v) is 9.33. The monoisotopic (exact) mass is 387 g/mol. The fraction of sp³-hybridized carbons (Fsp3) is 0.619. The molecule has 1 N–H and O–H groups in total. The van der Waals surface area contributed by atoms with Crippen molar-refractivity contribution in [2.45, 2.75) is 57.9 Å². The van der Waals surface area contributed by atoms with Crippen LogP contribution in [-0.2, 0) is 4.74 Å². The number of carbonyl (C=O) groups is 1. The van der Waals surface area contributed by atoms with Crippen molar-refractivity contribution >= 4 is 33.3 Å². The van der Waals surface area contributed by atoms with Crippen LogP contribution in [0.15, 0.2) is 18.2 Å². The number of hydrogen-bond acceptors (Lipinski definition) is 5. The third-order valence-corrected chi connectivity index (χ3v) is 6.75. The predicted octanol–water partition coefficient (Wildman–Crippen LogP) is 5.23. The summed E-state index contributed by atoms with van der Waals surface area (Å²) in [5, 5.41) is 4.06. The fourth-order valence-corrected chi connectivity index (χ4v) is 5.09. The summed E-state index contributed by atoms with van der Waals surface area (Å²) in [7, 11) is 0. The lowest BCUT2D eigenvalue weighted by Gasteiger charge is -2.43. The summed E-state index contributed by atoms with van der Waals surface area (Å²) >= 11 is 1.77. The largest absolute Gasteiger partial charge is 0.449 e. The molecule has 0 radical (unpaired) electrons. The van der Waals surface area contributed by atoms with Crippen LogP contribution in [-0.4, -0.2) is 41.7 Å². The number of nitrogens with one attached hydrogen (secondary N) is 1. The van der Waals surface area contributed by atoms with Crippen LogP contribution in [0.3, 0.4) is 0 Å². The van der Waals surface area contributed by atoms with E-state index in [1.54, 1.807) is 11.3 Å². The van der Waals surface area contributed by atoms with E-state index in [4.69, 9.17) is 9.72 Å². The molecule has 27 heavy (non-hydrogen) atoms. The van der Waals surface area contributed by atoms with Crippen molar-refractivity contribution in [2.24, 2.45) is 5.92 Å². The number of amides is 1. The number of thiazole rings is 1. The number of aromatic nitrogens is 1. The van der Waals surface area contributed by atoms with Gasteiger partial charge in [0.25, 0.3) is 0 Å². The summed E-state index contributed by atoms with van der Waals surface area (Å²) in [6.45, 7) is 7.03. The van der Waals surface area contributed by atoms with E-state index in [9.17, 15) is 4.79 Å².